The Kier molecular flexibility index (Phi) is 3.88. The van der Waals surface area contributed by atoms with Gasteiger partial charge in [-0.25, -0.2) is 9.69 Å². The summed E-state index contributed by atoms with van der Waals surface area (Å²) < 4.78 is 4.84. The molecule has 0 aliphatic carbocycles. The molecule has 1 saturated heterocycles. The average molecular weight is 201 g/mol. The first-order chi connectivity index (χ1) is 6.66. The lowest BCUT2D eigenvalue weighted by Crippen LogP contribution is -2.35. The minimum Gasteiger partial charge on any atom is -0.449 e. The van der Waals surface area contributed by atoms with E-state index in [-0.39, 0.29) is 6.54 Å². The summed E-state index contributed by atoms with van der Waals surface area (Å²) in [7, 11) is 0. The van der Waals surface area contributed by atoms with Gasteiger partial charge >= 0.3 is 6.09 Å². The van der Waals surface area contributed by atoms with Gasteiger partial charge < -0.3 is 9.84 Å². The van der Waals surface area contributed by atoms with Crippen LogP contribution < -0.4 is 0 Å². The van der Waals surface area contributed by atoms with E-state index >= 15 is 0 Å². The Morgan fingerprint density at radius 3 is 2.93 bits per heavy atom. The Morgan fingerprint density at radius 1 is 1.71 bits per heavy atom. The fourth-order valence-corrected chi connectivity index (χ4v) is 1.23. The zero-order valence-electron chi connectivity index (χ0n) is 8.23. The van der Waals surface area contributed by atoms with Crippen LogP contribution >= 0.6 is 0 Å². The van der Waals surface area contributed by atoms with Crippen molar-refractivity contribution in [1.82, 2.24) is 4.90 Å². The zero-order valence-corrected chi connectivity index (χ0v) is 8.23. The van der Waals surface area contributed by atoms with Crippen LogP contribution in [0, 0.1) is 0 Å². The van der Waals surface area contributed by atoms with Crippen LogP contribution in [0.5, 0.6) is 0 Å². The molecule has 5 nitrogen and oxygen atoms in total. The highest BCUT2D eigenvalue weighted by Crippen LogP contribution is 2.12. The number of carbonyl (C=O) groups excluding carboxylic acids is 2. The van der Waals surface area contributed by atoms with Gasteiger partial charge in [0.15, 0.2) is 0 Å². The number of carbonyl (C=O) groups is 2. The van der Waals surface area contributed by atoms with Crippen molar-refractivity contribution in [2.75, 3.05) is 13.2 Å². The van der Waals surface area contributed by atoms with E-state index in [9.17, 15) is 9.59 Å². The van der Waals surface area contributed by atoms with E-state index in [1.54, 1.807) is 0 Å². The number of rotatable bonds is 3. The van der Waals surface area contributed by atoms with Crippen molar-refractivity contribution >= 4 is 12.0 Å². The molecule has 1 aliphatic heterocycles. The van der Waals surface area contributed by atoms with E-state index in [1.165, 1.54) is 0 Å². The molecule has 0 aromatic carbocycles. The molecule has 1 rings (SSSR count). The third kappa shape index (κ3) is 2.45. The summed E-state index contributed by atoms with van der Waals surface area (Å²) in [4.78, 5) is 23.4. The smallest absolute Gasteiger partial charge is 0.416 e. The monoisotopic (exact) mass is 201 g/mol. The first-order valence-corrected chi connectivity index (χ1v) is 4.83. The lowest BCUT2D eigenvalue weighted by Gasteiger charge is -2.13. The highest BCUT2D eigenvalue weighted by Gasteiger charge is 2.34. The largest absolute Gasteiger partial charge is 0.449 e. The van der Waals surface area contributed by atoms with Crippen molar-refractivity contribution in [1.29, 1.82) is 0 Å². The minimum atomic E-state index is -1.03. The van der Waals surface area contributed by atoms with Crippen LogP contribution in [0.15, 0.2) is 0 Å². The fraction of sp³-hybridized carbons (Fsp3) is 0.778. The quantitative estimate of drug-likeness (QED) is 0.676. The number of imide groups is 1. The van der Waals surface area contributed by atoms with Gasteiger partial charge in [-0.1, -0.05) is 13.3 Å². The molecule has 14 heavy (non-hydrogen) atoms. The predicted octanol–water partition coefficient (Wildman–Crippen LogP) is 0.516. The van der Waals surface area contributed by atoms with Gasteiger partial charge in [-0.05, 0) is 6.42 Å². The van der Waals surface area contributed by atoms with Crippen molar-refractivity contribution < 1.29 is 19.4 Å². The second-order valence-corrected chi connectivity index (χ2v) is 3.26. The number of amides is 2. The van der Waals surface area contributed by atoms with E-state index in [2.05, 4.69) is 0 Å². The van der Waals surface area contributed by atoms with E-state index in [0.717, 1.165) is 17.7 Å². The van der Waals surface area contributed by atoms with Crippen molar-refractivity contribution in [2.24, 2.45) is 0 Å². The SMILES string of the molecule is CCCCOC(=O)N1CCC(O)C1=O. The average Bonchev–Trinajstić information content (AvgIpc) is 2.48. The predicted molar refractivity (Wildman–Crippen MR) is 48.6 cm³/mol. The van der Waals surface area contributed by atoms with Gasteiger partial charge in [0.25, 0.3) is 5.91 Å². The molecular formula is C9H15NO4. The molecule has 0 aromatic rings. The number of aliphatic hydroxyl groups excluding tert-OH is 1. The number of unbranched alkanes of at least 4 members (excludes halogenated alkanes) is 1. The van der Waals surface area contributed by atoms with Gasteiger partial charge in [0.05, 0.1) is 6.61 Å². The van der Waals surface area contributed by atoms with Crippen molar-refractivity contribution in [3.63, 3.8) is 0 Å². The zero-order chi connectivity index (χ0) is 10.6. The lowest BCUT2D eigenvalue weighted by molar-refractivity contribution is -0.133. The molecule has 0 radical (unpaired) electrons. The summed E-state index contributed by atoms with van der Waals surface area (Å²) in [5.41, 5.74) is 0. The Hall–Kier alpha value is -1.10. The third-order valence-corrected chi connectivity index (χ3v) is 2.12. The standard InChI is InChI=1S/C9H15NO4/c1-2-3-6-14-9(13)10-5-4-7(11)8(10)12/h7,11H,2-6H2,1H3. The number of aliphatic hydroxyl groups is 1. The van der Waals surface area contributed by atoms with E-state index in [0.29, 0.717) is 13.0 Å². The summed E-state index contributed by atoms with van der Waals surface area (Å²) >= 11 is 0. The first-order valence-electron chi connectivity index (χ1n) is 4.83. The summed E-state index contributed by atoms with van der Waals surface area (Å²) in [5.74, 6) is -0.550. The van der Waals surface area contributed by atoms with Gasteiger partial charge in [-0.2, -0.15) is 0 Å². The molecule has 80 valence electrons. The highest BCUT2D eigenvalue weighted by atomic mass is 16.6. The van der Waals surface area contributed by atoms with Crippen LogP contribution in [0.3, 0.4) is 0 Å². The maximum absolute atomic E-state index is 11.2. The van der Waals surface area contributed by atoms with Crippen molar-refractivity contribution in [2.45, 2.75) is 32.3 Å². The van der Waals surface area contributed by atoms with E-state index in [1.807, 2.05) is 6.92 Å². The van der Waals surface area contributed by atoms with Crippen LogP contribution in [-0.4, -0.2) is 41.3 Å². The minimum absolute atomic E-state index is 0.255. The number of hydrogen-bond acceptors (Lipinski definition) is 4. The van der Waals surface area contributed by atoms with Crippen LogP contribution in [-0.2, 0) is 9.53 Å². The first kappa shape index (κ1) is 11.0. The molecule has 1 fully saturated rings. The van der Waals surface area contributed by atoms with Crippen molar-refractivity contribution in [3.8, 4) is 0 Å². The molecule has 1 aliphatic rings. The van der Waals surface area contributed by atoms with Crippen LogP contribution in [0.4, 0.5) is 4.79 Å². The number of nitrogens with zero attached hydrogens (tertiary/aromatic N) is 1. The van der Waals surface area contributed by atoms with Crippen LogP contribution in [0.2, 0.25) is 0 Å². The summed E-state index contributed by atoms with van der Waals surface area (Å²) in [5, 5.41) is 9.09. The molecular weight excluding hydrogens is 186 g/mol. The summed E-state index contributed by atoms with van der Waals surface area (Å²) in [6.07, 6.45) is 0.357. The normalized spacial score (nSPS) is 21.4. The van der Waals surface area contributed by atoms with Gasteiger partial charge in [0.2, 0.25) is 0 Å². The molecule has 0 aromatic heterocycles. The second-order valence-electron chi connectivity index (χ2n) is 3.26. The molecule has 5 heteroatoms. The topological polar surface area (TPSA) is 66.8 Å². The molecule has 0 saturated carbocycles. The van der Waals surface area contributed by atoms with Gasteiger partial charge in [-0.3, -0.25) is 4.79 Å². The second kappa shape index (κ2) is 4.95. The van der Waals surface area contributed by atoms with E-state index in [4.69, 9.17) is 9.84 Å². The Morgan fingerprint density at radius 2 is 2.43 bits per heavy atom. The fourth-order valence-electron chi connectivity index (χ4n) is 1.23. The maximum Gasteiger partial charge on any atom is 0.416 e. The lowest BCUT2D eigenvalue weighted by atomic mass is 10.3. The Labute approximate surface area is 82.6 Å². The Bertz CT molecular complexity index is 229. The summed E-state index contributed by atoms with van der Waals surface area (Å²) in [6, 6.07) is 0. The molecule has 0 bridgehead atoms. The maximum atomic E-state index is 11.2. The van der Waals surface area contributed by atoms with Gasteiger partial charge in [0.1, 0.15) is 6.10 Å². The number of hydrogen-bond donors (Lipinski definition) is 1. The molecule has 1 atom stereocenters. The van der Waals surface area contributed by atoms with E-state index < -0.39 is 18.1 Å². The number of ether oxygens (including phenoxy) is 1. The van der Waals surface area contributed by atoms with Crippen LogP contribution in [0.25, 0.3) is 0 Å². The number of likely N-dealkylation sites (tertiary alicyclic amines) is 1. The van der Waals surface area contributed by atoms with Crippen molar-refractivity contribution in [3.05, 3.63) is 0 Å². The van der Waals surface area contributed by atoms with Gasteiger partial charge in [-0.15, -0.1) is 0 Å². The molecule has 0 spiro atoms. The Balaban J connectivity index is 2.34. The molecule has 2 amide bonds. The highest BCUT2D eigenvalue weighted by molar-refractivity contribution is 5.96. The third-order valence-electron chi connectivity index (χ3n) is 2.12. The molecule has 1 N–H and O–H groups in total. The molecule has 1 unspecified atom stereocenters. The molecule has 1 heterocycles. The summed E-state index contributed by atoms with van der Waals surface area (Å²) in [6.45, 7) is 2.57. The van der Waals surface area contributed by atoms with Gasteiger partial charge in [0, 0.05) is 13.0 Å². The van der Waals surface area contributed by atoms with Crippen LogP contribution in [0.1, 0.15) is 26.2 Å².